The topological polar surface area (TPSA) is 76.1 Å². The van der Waals surface area contributed by atoms with E-state index in [4.69, 9.17) is 4.74 Å². The fourth-order valence-electron chi connectivity index (χ4n) is 2.49. The summed E-state index contributed by atoms with van der Waals surface area (Å²) in [7, 11) is 0. The summed E-state index contributed by atoms with van der Waals surface area (Å²) in [5.41, 5.74) is 3.58. The number of anilines is 4. The van der Waals surface area contributed by atoms with Crippen LogP contribution in [0.4, 0.5) is 23.1 Å². The van der Waals surface area contributed by atoms with Gasteiger partial charge in [-0.2, -0.15) is 4.98 Å². The van der Waals surface area contributed by atoms with Gasteiger partial charge in [0.05, 0.1) is 0 Å². The van der Waals surface area contributed by atoms with Crippen molar-refractivity contribution in [3.8, 4) is 0 Å². The molecule has 0 unspecified atom stereocenters. The van der Waals surface area contributed by atoms with Crippen LogP contribution in [0, 0.1) is 6.92 Å². The molecule has 6 heteroatoms. The van der Waals surface area contributed by atoms with Gasteiger partial charge in [0.15, 0.2) is 0 Å². The molecular formula is C22H22N4O2. The number of benzene rings is 2. The Morgan fingerprint density at radius 3 is 2.64 bits per heavy atom. The zero-order valence-corrected chi connectivity index (χ0v) is 15.8. The number of para-hydroxylation sites is 1. The number of hydrogen-bond donors (Lipinski definition) is 2. The molecule has 3 aromatic rings. The number of allylic oxidation sites excluding steroid dienone is 1. The Bertz CT molecular complexity index is 971. The number of nitrogens with zero attached hydrogens (tertiary/aromatic N) is 2. The molecule has 28 heavy (non-hydrogen) atoms. The van der Waals surface area contributed by atoms with Gasteiger partial charge in [-0.15, -0.1) is 0 Å². The third-order valence-electron chi connectivity index (χ3n) is 3.88. The quantitative estimate of drug-likeness (QED) is 0.453. The summed E-state index contributed by atoms with van der Waals surface area (Å²) in [5.74, 6) is 0.858. The minimum atomic E-state index is -0.357. The molecule has 0 saturated carbocycles. The van der Waals surface area contributed by atoms with Gasteiger partial charge in [0.25, 0.3) is 0 Å². The Morgan fingerprint density at radius 2 is 1.86 bits per heavy atom. The van der Waals surface area contributed by atoms with Crippen molar-refractivity contribution >= 4 is 29.1 Å². The molecule has 1 aromatic heterocycles. The third-order valence-corrected chi connectivity index (χ3v) is 3.88. The summed E-state index contributed by atoms with van der Waals surface area (Å²) in [4.78, 5) is 20.4. The molecule has 0 bridgehead atoms. The Balaban J connectivity index is 1.71. The predicted octanol–water partition coefficient (Wildman–Crippen LogP) is 4.89. The van der Waals surface area contributed by atoms with Gasteiger partial charge in [0, 0.05) is 29.2 Å². The molecule has 0 aliphatic carbocycles. The molecule has 0 spiro atoms. The maximum atomic E-state index is 11.5. The van der Waals surface area contributed by atoms with Crippen LogP contribution in [0.25, 0.3) is 0 Å². The third kappa shape index (κ3) is 5.41. The van der Waals surface area contributed by atoms with E-state index in [1.807, 2.05) is 61.5 Å². The van der Waals surface area contributed by atoms with Crippen LogP contribution < -0.4 is 10.6 Å². The van der Waals surface area contributed by atoms with Crippen LogP contribution in [0.2, 0.25) is 0 Å². The van der Waals surface area contributed by atoms with E-state index in [1.165, 1.54) is 6.08 Å². The number of hydrogen-bond acceptors (Lipinski definition) is 6. The number of aromatic nitrogens is 2. The molecule has 0 aliphatic rings. The summed E-state index contributed by atoms with van der Waals surface area (Å²) in [6.45, 7) is 3.93. The van der Waals surface area contributed by atoms with Gasteiger partial charge in [-0.25, -0.2) is 9.78 Å². The van der Waals surface area contributed by atoms with Gasteiger partial charge >= 0.3 is 5.97 Å². The molecule has 0 radical (unpaired) electrons. The van der Waals surface area contributed by atoms with E-state index in [9.17, 15) is 4.79 Å². The normalized spacial score (nSPS) is 10.6. The number of rotatable bonds is 7. The Labute approximate surface area is 164 Å². The Morgan fingerprint density at radius 1 is 1.07 bits per heavy atom. The number of ether oxygens (including phenoxy) is 1. The first-order chi connectivity index (χ1) is 13.6. The van der Waals surface area contributed by atoms with Crippen LogP contribution in [0.5, 0.6) is 0 Å². The van der Waals surface area contributed by atoms with E-state index >= 15 is 0 Å². The second-order valence-electron chi connectivity index (χ2n) is 6.15. The zero-order chi connectivity index (χ0) is 19.8. The number of carbonyl (C=O) groups is 1. The number of aryl methyl sites for hydroxylation is 1. The van der Waals surface area contributed by atoms with E-state index in [-0.39, 0.29) is 12.6 Å². The predicted molar refractivity (Wildman–Crippen MR) is 111 cm³/mol. The molecule has 0 saturated heterocycles. The van der Waals surface area contributed by atoms with Crippen LogP contribution in [0.15, 0.2) is 72.9 Å². The van der Waals surface area contributed by atoms with Crippen LogP contribution in [-0.2, 0) is 16.1 Å². The average molecular weight is 374 g/mol. The van der Waals surface area contributed by atoms with Crippen molar-refractivity contribution in [3.63, 3.8) is 0 Å². The zero-order valence-electron chi connectivity index (χ0n) is 15.8. The van der Waals surface area contributed by atoms with Gasteiger partial charge in [-0.05, 0) is 43.7 Å². The van der Waals surface area contributed by atoms with E-state index < -0.39 is 0 Å². The van der Waals surface area contributed by atoms with Crippen molar-refractivity contribution in [1.29, 1.82) is 0 Å². The molecule has 2 aromatic carbocycles. The molecule has 0 aliphatic heterocycles. The molecule has 0 fully saturated rings. The molecule has 1 heterocycles. The summed E-state index contributed by atoms with van der Waals surface area (Å²) >= 11 is 0. The number of nitrogens with one attached hydrogen (secondary N) is 2. The van der Waals surface area contributed by atoms with Gasteiger partial charge in [-0.1, -0.05) is 36.4 Å². The van der Waals surface area contributed by atoms with Gasteiger partial charge in [0.2, 0.25) is 5.95 Å². The fourth-order valence-corrected chi connectivity index (χ4v) is 2.49. The first-order valence-corrected chi connectivity index (χ1v) is 8.95. The van der Waals surface area contributed by atoms with Crippen LogP contribution in [-0.4, -0.2) is 15.9 Å². The summed E-state index contributed by atoms with van der Waals surface area (Å²) in [6, 6.07) is 17.4. The standard InChI is InChI=1S/C22H22N4O2/c1-3-8-20(27)28-15-17-9-7-12-19(13-17)24-21-16(2)14-23-22(26-21)25-18-10-5-4-6-11-18/h3-14H,15H2,1-2H3,(H2,23,24,25,26)/b8-3+. The van der Waals surface area contributed by atoms with Crippen LogP contribution in [0.1, 0.15) is 18.1 Å². The minimum Gasteiger partial charge on any atom is -0.458 e. The van der Waals surface area contributed by atoms with E-state index in [2.05, 4.69) is 20.6 Å². The molecule has 2 N–H and O–H groups in total. The molecule has 0 amide bonds. The second-order valence-corrected chi connectivity index (χ2v) is 6.15. The molecule has 142 valence electrons. The number of carbonyl (C=O) groups excluding carboxylic acids is 1. The smallest absolute Gasteiger partial charge is 0.330 e. The van der Waals surface area contributed by atoms with Crippen LogP contribution in [0.3, 0.4) is 0 Å². The first kappa shape index (κ1) is 19.1. The lowest BCUT2D eigenvalue weighted by atomic mass is 10.2. The SMILES string of the molecule is C/C=C/C(=O)OCc1cccc(Nc2nc(Nc3ccccc3)ncc2C)c1. The average Bonchev–Trinajstić information content (AvgIpc) is 2.70. The van der Waals surface area contributed by atoms with Crippen molar-refractivity contribution in [2.24, 2.45) is 0 Å². The Hall–Kier alpha value is -3.67. The van der Waals surface area contributed by atoms with Gasteiger partial charge in [-0.3, -0.25) is 0 Å². The maximum Gasteiger partial charge on any atom is 0.330 e. The molecular weight excluding hydrogens is 352 g/mol. The summed E-state index contributed by atoms with van der Waals surface area (Å²) in [6.07, 6.45) is 4.82. The lowest BCUT2D eigenvalue weighted by Gasteiger charge is -2.12. The molecule has 6 nitrogen and oxygen atoms in total. The fraction of sp³-hybridized carbons (Fsp3) is 0.136. The van der Waals surface area contributed by atoms with Crippen molar-refractivity contribution in [1.82, 2.24) is 9.97 Å². The highest BCUT2D eigenvalue weighted by molar-refractivity contribution is 5.81. The highest BCUT2D eigenvalue weighted by atomic mass is 16.5. The minimum absolute atomic E-state index is 0.211. The lowest BCUT2D eigenvalue weighted by molar-refractivity contribution is -0.139. The van der Waals surface area contributed by atoms with Crippen molar-refractivity contribution in [2.45, 2.75) is 20.5 Å². The summed E-state index contributed by atoms with van der Waals surface area (Å²) < 4.78 is 5.19. The van der Waals surface area contributed by atoms with Crippen LogP contribution >= 0.6 is 0 Å². The van der Waals surface area contributed by atoms with E-state index in [1.54, 1.807) is 19.2 Å². The van der Waals surface area contributed by atoms with Crippen molar-refractivity contribution in [3.05, 3.63) is 84.1 Å². The van der Waals surface area contributed by atoms with Crippen molar-refractivity contribution in [2.75, 3.05) is 10.6 Å². The number of esters is 1. The first-order valence-electron chi connectivity index (χ1n) is 8.95. The van der Waals surface area contributed by atoms with Crippen molar-refractivity contribution < 1.29 is 9.53 Å². The van der Waals surface area contributed by atoms with E-state index in [0.29, 0.717) is 11.8 Å². The molecule has 0 atom stereocenters. The summed E-state index contributed by atoms with van der Waals surface area (Å²) in [5, 5.41) is 6.49. The maximum absolute atomic E-state index is 11.5. The second kappa shape index (κ2) is 9.32. The lowest BCUT2D eigenvalue weighted by Crippen LogP contribution is -2.04. The molecule has 3 rings (SSSR count). The Kier molecular flexibility index (Phi) is 6.36. The highest BCUT2D eigenvalue weighted by Crippen LogP contribution is 2.21. The van der Waals surface area contributed by atoms with Gasteiger partial charge in [0.1, 0.15) is 12.4 Å². The van der Waals surface area contributed by atoms with Gasteiger partial charge < -0.3 is 15.4 Å². The highest BCUT2D eigenvalue weighted by Gasteiger charge is 2.06. The monoisotopic (exact) mass is 374 g/mol. The largest absolute Gasteiger partial charge is 0.458 e. The van der Waals surface area contributed by atoms with E-state index in [0.717, 1.165) is 22.5 Å².